The minimum absolute atomic E-state index is 0.0422. The summed E-state index contributed by atoms with van der Waals surface area (Å²) < 4.78 is 69.0. The largest absolute Gasteiger partial charge is 0.625 e. The van der Waals surface area contributed by atoms with Crippen LogP contribution >= 0.6 is 11.8 Å². The third-order valence-electron chi connectivity index (χ3n) is 3.05. The normalized spacial score (nSPS) is 12.7. The van der Waals surface area contributed by atoms with Gasteiger partial charge in [-0.15, -0.1) is 0 Å². The van der Waals surface area contributed by atoms with Crippen LogP contribution in [0.5, 0.6) is 5.88 Å². The molecule has 1 aromatic heterocycles. The van der Waals surface area contributed by atoms with Gasteiger partial charge in [0.2, 0.25) is 5.88 Å². The summed E-state index contributed by atoms with van der Waals surface area (Å²) in [5.41, 5.74) is -1.45. The maximum absolute atomic E-state index is 13.1. The molecule has 136 valence electrons. The van der Waals surface area contributed by atoms with Crippen LogP contribution in [0.2, 0.25) is 0 Å². The van der Waals surface area contributed by atoms with E-state index in [9.17, 15) is 27.2 Å². The van der Waals surface area contributed by atoms with E-state index in [2.05, 4.69) is 9.84 Å². The Balaban J connectivity index is 2.34. The monoisotopic (exact) mass is 381 g/mol. The molecule has 0 fully saturated rings. The molecular weight excluding hydrogens is 369 g/mol. The molecule has 5 nitrogen and oxygen atoms in total. The highest BCUT2D eigenvalue weighted by Gasteiger charge is 2.40. The number of thioether (sulfide) groups is 1. The number of halogens is 5. The zero-order chi connectivity index (χ0) is 18.6. The minimum Gasteiger partial charge on any atom is -0.625 e. The van der Waals surface area contributed by atoms with Crippen LogP contribution in [-0.2, 0) is 19.0 Å². The van der Waals surface area contributed by atoms with Gasteiger partial charge in [-0.2, -0.15) is 27.1 Å². The summed E-state index contributed by atoms with van der Waals surface area (Å²) in [5.74, 6) is -1.14. The van der Waals surface area contributed by atoms with Gasteiger partial charge in [-0.1, -0.05) is 30.0 Å². The molecule has 1 aromatic carbocycles. The van der Waals surface area contributed by atoms with Crippen molar-refractivity contribution in [3.63, 3.8) is 0 Å². The van der Waals surface area contributed by atoms with Gasteiger partial charge in [0, 0.05) is 12.8 Å². The molecule has 0 aliphatic rings. The van der Waals surface area contributed by atoms with Crippen molar-refractivity contribution < 1.29 is 31.8 Å². The number of hydrogen-bond acceptors (Lipinski definition) is 4. The molecule has 0 aliphatic heterocycles. The lowest BCUT2D eigenvalue weighted by atomic mass is 10.2. The molecule has 1 heterocycles. The summed E-state index contributed by atoms with van der Waals surface area (Å²) in [7, 11) is 1.06. The second-order valence-electron chi connectivity index (χ2n) is 4.72. The van der Waals surface area contributed by atoms with Gasteiger partial charge in [-0.25, -0.2) is 9.84 Å². The van der Waals surface area contributed by atoms with Gasteiger partial charge in [0.1, 0.15) is 0 Å². The smallest absolute Gasteiger partial charge is 0.435 e. The number of rotatable bonds is 5. The first-order valence-corrected chi connectivity index (χ1v) is 7.73. The van der Waals surface area contributed by atoms with Gasteiger partial charge < -0.3 is 9.94 Å². The molecule has 0 saturated heterocycles. The number of alkyl halides is 5. The van der Waals surface area contributed by atoms with E-state index in [0.717, 1.165) is 18.8 Å². The maximum atomic E-state index is 13.1. The molecule has 0 aliphatic carbocycles. The number of nitrogens with one attached hydrogen (secondary N) is 1. The fourth-order valence-electron chi connectivity index (χ4n) is 2.05. The van der Waals surface area contributed by atoms with Crippen molar-refractivity contribution >= 4 is 16.8 Å². The van der Waals surface area contributed by atoms with Crippen molar-refractivity contribution in [2.45, 2.75) is 18.5 Å². The highest BCUT2D eigenvalue weighted by atomic mass is 32.2. The second-order valence-corrected chi connectivity index (χ2v) is 5.70. The van der Waals surface area contributed by atoms with Gasteiger partial charge in [-0.3, -0.25) is 0 Å². The fourth-order valence-corrected chi connectivity index (χ4v) is 2.96. The van der Waals surface area contributed by atoms with Gasteiger partial charge in [0.15, 0.2) is 5.69 Å². The number of ether oxygens (including phenoxy) is 1. The minimum atomic E-state index is -4.85. The Morgan fingerprint density at radius 2 is 1.96 bits per heavy atom. The average molecular weight is 381 g/mol. The zero-order valence-corrected chi connectivity index (χ0v) is 13.5. The van der Waals surface area contributed by atoms with E-state index in [0.29, 0.717) is 10.2 Å². The van der Waals surface area contributed by atoms with Gasteiger partial charge in [0.05, 0.1) is 11.1 Å². The molecule has 2 rings (SSSR count). The summed E-state index contributed by atoms with van der Waals surface area (Å²) in [6.07, 6.45) is -4.85. The highest BCUT2D eigenvalue weighted by molar-refractivity contribution is 8.13. The van der Waals surface area contributed by atoms with E-state index in [1.807, 2.05) is 0 Å². The van der Waals surface area contributed by atoms with E-state index in [1.54, 1.807) is 35.5 Å². The number of nitrogens with zero attached hydrogens (tertiary/aromatic N) is 2. The van der Waals surface area contributed by atoms with Crippen molar-refractivity contribution in [1.29, 1.82) is 0 Å². The van der Waals surface area contributed by atoms with E-state index >= 15 is 0 Å². The third-order valence-corrected chi connectivity index (χ3v) is 4.09. The summed E-state index contributed by atoms with van der Waals surface area (Å²) in [6.45, 7) is -3.31. The predicted molar refractivity (Wildman–Crippen MR) is 81.0 cm³/mol. The Morgan fingerprint density at radius 1 is 1.32 bits per heavy atom. The lowest BCUT2D eigenvalue weighted by Gasteiger charge is -2.09. The molecule has 11 heteroatoms. The first kappa shape index (κ1) is 19.0. The Hall–Kier alpha value is -2.30. The van der Waals surface area contributed by atoms with Crippen LogP contribution in [0.1, 0.15) is 16.8 Å². The molecule has 25 heavy (non-hydrogen) atoms. The van der Waals surface area contributed by atoms with Gasteiger partial charge >= 0.3 is 12.8 Å². The van der Waals surface area contributed by atoms with Crippen LogP contribution in [0.15, 0.2) is 30.3 Å². The molecule has 0 spiro atoms. The summed E-state index contributed by atoms with van der Waals surface area (Å²) in [5, 5.41) is 16.0. The van der Waals surface area contributed by atoms with Crippen LogP contribution in [0.4, 0.5) is 22.0 Å². The molecule has 2 aromatic rings. The quantitative estimate of drug-likeness (QED) is 0.284. The van der Waals surface area contributed by atoms with Crippen LogP contribution < -0.4 is 9.89 Å². The lowest BCUT2D eigenvalue weighted by molar-refractivity contribution is -0.368. The van der Waals surface area contributed by atoms with Gasteiger partial charge in [-0.05, 0) is 12.1 Å². The number of hydrogen-bond donors (Lipinski definition) is 1. The fraction of sp³-hybridized carbons (Fsp3) is 0.286. The van der Waals surface area contributed by atoms with Crippen LogP contribution in [0.3, 0.4) is 0 Å². The molecule has 0 unspecified atom stereocenters. The Labute approximate surface area is 143 Å². The van der Waals surface area contributed by atoms with Crippen LogP contribution in [0.25, 0.3) is 0 Å². The average Bonchev–Trinajstić information content (AvgIpc) is 2.85. The van der Waals surface area contributed by atoms with Gasteiger partial charge in [0.25, 0.3) is 5.04 Å². The molecule has 0 bridgehead atoms. The van der Waals surface area contributed by atoms with Crippen molar-refractivity contribution in [2.75, 3.05) is 0 Å². The third kappa shape index (κ3) is 4.62. The molecule has 0 amide bonds. The Bertz CT molecular complexity index is 747. The van der Waals surface area contributed by atoms with Crippen LogP contribution in [0, 0.1) is 5.21 Å². The van der Waals surface area contributed by atoms with E-state index in [1.165, 1.54) is 0 Å². The molecule has 0 atom stereocenters. The Kier molecular flexibility index (Phi) is 5.88. The number of aromatic nitrogens is 2. The van der Waals surface area contributed by atoms with Crippen molar-refractivity contribution in [1.82, 2.24) is 9.78 Å². The van der Waals surface area contributed by atoms with E-state index < -0.39 is 35.7 Å². The Morgan fingerprint density at radius 3 is 2.48 bits per heavy atom. The molecule has 1 N–H and O–H groups in total. The number of aryl methyl sites for hydroxylation is 1. The first-order valence-electron chi connectivity index (χ1n) is 6.75. The first-order chi connectivity index (χ1) is 11.7. The lowest BCUT2D eigenvalue weighted by Crippen LogP contribution is -2.64. The van der Waals surface area contributed by atoms with E-state index in [4.69, 9.17) is 0 Å². The molecule has 0 saturated carbocycles. The molecule has 0 radical (unpaired) electrons. The summed E-state index contributed by atoms with van der Waals surface area (Å²) in [6, 6.07) is 8.15. The zero-order valence-electron chi connectivity index (χ0n) is 12.7. The van der Waals surface area contributed by atoms with E-state index in [-0.39, 0.29) is 5.04 Å². The highest BCUT2D eigenvalue weighted by Crippen LogP contribution is 2.38. The summed E-state index contributed by atoms with van der Waals surface area (Å²) >= 11 is 0.727. The van der Waals surface area contributed by atoms with Crippen LogP contribution in [-0.4, -0.2) is 21.4 Å². The SMILES string of the molecule is Cn1nc(C(F)(F)F)c(CS/C(=[NH+]\[O-])c2ccccc2)c1OC(F)F. The van der Waals surface area contributed by atoms with Crippen molar-refractivity contribution in [2.24, 2.45) is 7.05 Å². The maximum Gasteiger partial charge on any atom is 0.435 e. The second kappa shape index (κ2) is 7.72. The molecular formula is C14H12F5N3O2S. The standard InChI is InChI=1S/C14H12F5N3O2S/c1-22-12(24-13(15)16)9(10(20-22)14(17,18)19)7-25-11(21-23)8-5-3-2-4-6-8/h2-6,13,21H,7H2,1H3/b21-11-. The van der Waals surface area contributed by atoms with Crippen molar-refractivity contribution in [3.8, 4) is 5.88 Å². The van der Waals surface area contributed by atoms with Crippen molar-refractivity contribution in [3.05, 3.63) is 52.4 Å². The predicted octanol–water partition coefficient (Wildman–Crippen LogP) is 2.30. The summed E-state index contributed by atoms with van der Waals surface area (Å²) in [4.78, 5) is 0. The topological polar surface area (TPSA) is 64.1 Å². The number of benzene rings is 1.